The van der Waals surface area contributed by atoms with Crippen LogP contribution in [0.15, 0.2) is 0 Å². The number of hydrogen-bond donors (Lipinski definition) is 0. The van der Waals surface area contributed by atoms with Crippen molar-refractivity contribution in [3.63, 3.8) is 0 Å². The summed E-state index contributed by atoms with van der Waals surface area (Å²) in [5, 5.41) is 0.787. The number of alkyl halides is 1. The molecule has 1 atom stereocenters. The number of hydrogen-bond acceptors (Lipinski definition) is 2. The van der Waals surface area contributed by atoms with Crippen molar-refractivity contribution in [3.8, 4) is 0 Å². The van der Waals surface area contributed by atoms with Crippen LogP contribution >= 0.6 is 15.9 Å². The van der Waals surface area contributed by atoms with Gasteiger partial charge in [-0.05, 0) is 25.7 Å². The van der Waals surface area contributed by atoms with E-state index in [-0.39, 0.29) is 17.5 Å². The van der Waals surface area contributed by atoms with Gasteiger partial charge in [0.05, 0.1) is 5.41 Å². The molecule has 2 nitrogen and oxygen atoms in total. The van der Waals surface area contributed by atoms with Gasteiger partial charge in [-0.1, -0.05) is 22.4 Å². The summed E-state index contributed by atoms with van der Waals surface area (Å²) >= 11 is 3.34. The van der Waals surface area contributed by atoms with Gasteiger partial charge < -0.3 is 4.74 Å². The maximum Gasteiger partial charge on any atom is 0.312 e. The number of esters is 1. The van der Waals surface area contributed by atoms with Crippen molar-refractivity contribution in [2.75, 3.05) is 5.33 Å². The lowest BCUT2D eigenvalue weighted by Crippen LogP contribution is -2.45. The van der Waals surface area contributed by atoms with Gasteiger partial charge in [0.2, 0.25) is 0 Å². The smallest absolute Gasteiger partial charge is 0.312 e. The lowest BCUT2D eigenvalue weighted by molar-refractivity contribution is -0.175. The average Bonchev–Trinajstić information content (AvgIpc) is 2.01. The van der Waals surface area contributed by atoms with Crippen molar-refractivity contribution in [1.29, 1.82) is 0 Å². The number of carbonyl (C=O) groups excluding carboxylic acids is 1. The molecule has 1 aliphatic heterocycles. The van der Waals surface area contributed by atoms with Gasteiger partial charge in [0.25, 0.3) is 0 Å². The molecule has 1 spiro atoms. The summed E-state index contributed by atoms with van der Waals surface area (Å²) in [6.07, 6.45) is 5.53. The van der Waals surface area contributed by atoms with Crippen molar-refractivity contribution in [2.24, 2.45) is 5.41 Å². The molecule has 2 fully saturated rings. The Morgan fingerprint density at radius 3 is 2.67 bits per heavy atom. The summed E-state index contributed by atoms with van der Waals surface area (Å²) in [6, 6.07) is 0. The molecule has 1 saturated heterocycles. The molecule has 0 aromatic carbocycles. The fraction of sp³-hybridized carbons (Fsp3) is 0.889. The molecular weight excluding hydrogens is 220 g/mol. The maximum atomic E-state index is 11.5. The van der Waals surface area contributed by atoms with Crippen LogP contribution < -0.4 is 0 Å². The van der Waals surface area contributed by atoms with E-state index in [1.54, 1.807) is 0 Å². The van der Waals surface area contributed by atoms with Crippen LogP contribution in [-0.4, -0.2) is 17.4 Å². The molecule has 0 aromatic heterocycles. The first-order valence-electron chi connectivity index (χ1n) is 4.54. The minimum absolute atomic E-state index is 0.0430. The summed E-state index contributed by atoms with van der Waals surface area (Å²) in [6.45, 7) is 0. The summed E-state index contributed by atoms with van der Waals surface area (Å²) in [5.74, 6) is 0.0597. The van der Waals surface area contributed by atoms with Gasteiger partial charge in [0.15, 0.2) is 0 Å². The van der Waals surface area contributed by atoms with Gasteiger partial charge in [-0.2, -0.15) is 0 Å². The summed E-state index contributed by atoms with van der Waals surface area (Å²) in [4.78, 5) is 11.5. The Kier molecular flexibility index (Phi) is 2.15. The molecule has 68 valence electrons. The summed E-state index contributed by atoms with van der Waals surface area (Å²) in [7, 11) is 0. The van der Waals surface area contributed by atoms with E-state index in [0.717, 1.165) is 31.0 Å². The zero-order valence-corrected chi connectivity index (χ0v) is 8.60. The topological polar surface area (TPSA) is 26.3 Å². The first-order valence-corrected chi connectivity index (χ1v) is 5.66. The van der Waals surface area contributed by atoms with Gasteiger partial charge in [-0.3, -0.25) is 4.79 Å². The molecule has 1 heterocycles. The Morgan fingerprint density at radius 1 is 1.50 bits per heavy atom. The maximum absolute atomic E-state index is 11.5. The average molecular weight is 233 g/mol. The van der Waals surface area contributed by atoms with Gasteiger partial charge in [0, 0.05) is 5.33 Å². The van der Waals surface area contributed by atoms with Crippen LogP contribution in [-0.2, 0) is 9.53 Å². The fourth-order valence-electron chi connectivity index (χ4n) is 2.04. The van der Waals surface area contributed by atoms with E-state index in [2.05, 4.69) is 15.9 Å². The Bertz CT molecular complexity index is 199. The zero-order valence-electron chi connectivity index (χ0n) is 7.01. The van der Waals surface area contributed by atoms with Crippen LogP contribution in [0.4, 0.5) is 0 Å². The van der Waals surface area contributed by atoms with E-state index in [1.807, 2.05) is 0 Å². The summed E-state index contributed by atoms with van der Waals surface area (Å²) in [5.41, 5.74) is -0.0430. The second-order valence-corrected chi connectivity index (χ2v) is 4.50. The standard InChI is InChI=1S/C9H13BrO2/c10-6-7-2-5-9(3-1-4-9)8(11)12-7/h7H,1-6H2/t7-/m1/s1. The first kappa shape index (κ1) is 8.54. The van der Waals surface area contributed by atoms with Crippen LogP contribution in [0.25, 0.3) is 0 Å². The monoisotopic (exact) mass is 232 g/mol. The number of ether oxygens (including phenoxy) is 1. The molecule has 1 aliphatic carbocycles. The van der Waals surface area contributed by atoms with Crippen molar-refractivity contribution in [2.45, 2.75) is 38.2 Å². The third-order valence-electron chi connectivity index (χ3n) is 3.13. The molecule has 0 bridgehead atoms. The van der Waals surface area contributed by atoms with Crippen molar-refractivity contribution in [1.82, 2.24) is 0 Å². The lowest BCUT2D eigenvalue weighted by Gasteiger charge is -2.44. The largest absolute Gasteiger partial charge is 0.461 e. The molecule has 0 amide bonds. The van der Waals surface area contributed by atoms with Crippen LogP contribution in [0.5, 0.6) is 0 Å². The molecule has 0 N–H and O–H groups in total. The SMILES string of the molecule is O=C1O[C@@H](CBr)CCC12CCC2. The predicted octanol–water partition coefficient (Wildman–Crippen LogP) is 2.26. The molecule has 2 rings (SSSR count). The molecule has 1 saturated carbocycles. The van der Waals surface area contributed by atoms with Crippen molar-refractivity contribution in [3.05, 3.63) is 0 Å². The molecule has 2 aliphatic rings. The van der Waals surface area contributed by atoms with Crippen LogP contribution in [0.1, 0.15) is 32.1 Å². The first-order chi connectivity index (χ1) is 5.77. The fourth-order valence-corrected chi connectivity index (χ4v) is 2.50. The Hall–Kier alpha value is -0.0500. The highest BCUT2D eigenvalue weighted by molar-refractivity contribution is 9.09. The molecule has 0 aromatic rings. The van der Waals surface area contributed by atoms with E-state index in [4.69, 9.17) is 4.74 Å². The molecule has 3 heteroatoms. The second kappa shape index (κ2) is 3.02. The van der Waals surface area contributed by atoms with Gasteiger partial charge in [0.1, 0.15) is 6.10 Å². The van der Waals surface area contributed by atoms with Gasteiger partial charge in [-0.15, -0.1) is 0 Å². The molecule has 0 unspecified atom stereocenters. The third kappa shape index (κ3) is 1.18. The molecule has 0 radical (unpaired) electrons. The minimum Gasteiger partial charge on any atom is -0.461 e. The Labute approximate surface area is 80.8 Å². The number of carbonyl (C=O) groups is 1. The third-order valence-corrected chi connectivity index (χ3v) is 3.86. The van der Waals surface area contributed by atoms with Crippen molar-refractivity contribution >= 4 is 21.9 Å². The highest BCUT2D eigenvalue weighted by atomic mass is 79.9. The van der Waals surface area contributed by atoms with E-state index < -0.39 is 0 Å². The number of cyclic esters (lactones) is 1. The van der Waals surface area contributed by atoms with E-state index >= 15 is 0 Å². The number of rotatable bonds is 1. The van der Waals surface area contributed by atoms with Crippen LogP contribution in [0.2, 0.25) is 0 Å². The van der Waals surface area contributed by atoms with Gasteiger partial charge >= 0.3 is 5.97 Å². The zero-order chi connectivity index (χ0) is 8.60. The van der Waals surface area contributed by atoms with Crippen LogP contribution in [0, 0.1) is 5.41 Å². The molecule has 12 heavy (non-hydrogen) atoms. The Balaban J connectivity index is 2.00. The van der Waals surface area contributed by atoms with Crippen LogP contribution in [0.3, 0.4) is 0 Å². The lowest BCUT2D eigenvalue weighted by atomic mass is 9.65. The second-order valence-electron chi connectivity index (χ2n) is 3.85. The number of halogens is 1. The Morgan fingerprint density at radius 2 is 2.25 bits per heavy atom. The van der Waals surface area contributed by atoms with E-state index in [0.29, 0.717) is 0 Å². The van der Waals surface area contributed by atoms with Gasteiger partial charge in [-0.25, -0.2) is 0 Å². The molecular formula is C9H13BrO2. The normalized spacial score (nSPS) is 32.8. The summed E-state index contributed by atoms with van der Waals surface area (Å²) < 4.78 is 5.31. The van der Waals surface area contributed by atoms with Crippen molar-refractivity contribution < 1.29 is 9.53 Å². The minimum atomic E-state index is -0.0430. The highest BCUT2D eigenvalue weighted by Crippen LogP contribution is 2.48. The van der Waals surface area contributed by atoms with E-state index in [1.165, 1.54) is 6.42 Å². The quantitative estimate of drug-likeness (QED) is 0.513. The predicted molar refractivity (Wildman–Crippen MR) is 49.2 cm³/mol. The highest BCUT2D eigenvalue weighted by Gasteiger charge is 2.48. The van der Waals surface area contributed by atoms with E-state index in [9.17, 15) is 4.79 Å².